The first-order valence-electron chi connectivity index (χ1n) is 9.17. The molecule has 29 heavy (non-hydrogen) atoms. The maximum Gasteiger partial charge on any atom is 0.271 e. The minimum atomic E-state index is -0.369. The van der Waals surface area contributed by atoms with E-state index in [-0.39, 0.29) is 16.7 Å². The quantitative estimate of drug-likeness (QED) is 0.581. The van der Waals surface area contributed by atoms with Crippen LogP contribution in [0, 0.1) is 13.8 Å². The number of anilines is 1. The van der Waals surface area contributed by atoms with E-state index in [2.05, 4.69) is 10.4 Å². The predicted octanol–water partition coefficient (Wildman–Crippen LogP) is 4.69. The smallest absolute Gasteiger partial charge is 0.271 e. The molecule has 3 aromatic rings. The van der Waals surface area contributed by atoms with Crippen molar-refractivity contribution in [1.82, 2.24) is 9.78 Å². The molecule has 0 aliphatic carbocycles. The molecule has 0 aliphatic heterocycles. The summed E-state index contributed by atoms with van der Waals surface area (Å²) in [6, 6.07) is 16.6. The number of rotatable bonds is 6. The molecule has 0 saturated heterocycles. The van der Waals surface area contributed by atoms with Gasteiger partial charge in [-0.3, -0.25) is 9.59 Å². The second kappa shape index (κ2) is 9.33. The molecule has 0 unspecified atom stereocenters. The molecule has 150 valence electrons. The van der Waals surface area contributed by atoms with Gasteiger partial charge in [-0.05, 0) is 74.6 Å². The van der Waals surface area contributed by atoms with Gasteiger partial charge in [0.25, 0.3) is 5.56 Å². The third-order valence-electron chi connectivity index (χ3n) is 4.51. The van der Waals surface area contributed by atoms with Crippen LogP contribution >= 0.6 is 23.5 Å². The molecule has 5 nitrogen and oxygen atoms in total. The van der Waals surface area contributed by atoms with E-state index in [4.69, 9.17) is 0 Å². The average molecular weight is 426 g/mol. The zero-order valence-electron chi connectivity index (χ0n) is 16.8. The van der Waals surface area contributed by atoms with Gasteiger partial charge < -0.3 is 5.32 Å². The molecule has 1 atom stereocenters. The maximum atomic E-state index is 12.6. The number of benzene rings is 2. The fourth-order valence-corrected chi connectivity index (χ4v) is 3.94. The summed E-state index contributed by atoms with van der Waals surface area (Å²) >= 11 is 2.94. The Balaban J connectivity index is 1.76. The number of nitrogens with one attached hydrogen (secondary N) is 1. The molecule has 0 radical (unpaired) electrons. The molecule has 0 aliphatic rings. The van der Waals surface area contributed by atoms with Crippen LogP contribution in [-0.4, -0.2) is 27.2 Å². The lowest BCUT2D eigenvalue weighted by atomic mass is 10.1. The van der Waals surface area contributed by atoms with Gasteiger partial charge in [0.1, 0.15) is 5.03 Å². The summed E-state index contributed by atoms with van der Waals surface area (Å²) in [7, 11) is 0. The average Bonchev–Trinajstić information content (AvgIpc) is 2.71. The van der Waals surface area contributed by atoms with Crippen molar-refractivity contribution in [3.8, 4) is 5.69 Å². The number of aromatic nitrogens is 2. The first-order chi connectivity index (χ1) is 13.9. The van der Waals surface area contributed by atoms with Crippen molar-refractivity contribution in [2.24, 2.45) is 0 Å². The van der Waals surface area contributed by atoms with Gasteiger partial charge in [0.05, 0.1) is 10.9 Å². The van der Waals surface area contributed by atoms with Gasteiger partial charge in [-0.25, -0.2) is 0 Å². The Morgan fingerprint density at radius 1 is 1.07 bits per heavy atom. The van der Waals surface area contributed by atoms with Gasteiger partial charge in [-0.1, -0.05) is 23.9 Å². The minimum Gasteiger partial charge on any atom is -0.325 e. The van der Waals surface area contributed by atoms with Gasteiger partial charge in [-0.15, -0.1) is 11.8 Å². The predicted molar refractivity (Wildman–Crippen MR) is 121 cm³/mol. The Hall–Kier alpha value is -2.51. The zero-order valence-corrected chi connectivity index (χ0v) is 18.4. The number of hydrogen-bond acceptors (Lipinski definition) is 5. The third-order valence-corrected chi connectivity index (χ3v) is 6.27. The topological polar surface area (TPSA) is 64.0 Å². The van der Waals surface area contributed by atoms with Gasteiger partial charge in [0.2, 0.25) is 5.91 Å². The van der Waals surface area contributed by atoms with Crippen molar-refractivity contribution in [3.63, 3.8) is 0 Å². The lowest BCUT2D eigenvalue weighted by molar-refractivity contribution is -0.115. The van der Waals surface area contributed by atoms with E-state index in [0.717, 1.165) is 21.7 Å². The summed E-state index contributed by atoms with van der Waals surface area (Å²) in [5.74, 6) is -0.112. The molecular weight excluding hydrogens is 402 g/mol. The monoisotopic (exact) mass is 425 g/mol. The zero-order chi connectivity index (χ0) is 21.0. The van der Waals surface area contributed by atoms with Crippen molar-refractivity contribution in [2.45, 2.75) is 35.9 Å². The van der Waals surface area contributed by atoms with Crippen LogP contribution in [-0.2, 0) is 4.79 Å². The number of carbonyl (C=O) groups is 1. The van der Waals surface area contributed by atoms with Crippen molar-refractivity contribution < 1.29 is 4.79 Å². The highest BCUT2D eigenvalue weighted by molar-refractivity contribution is 8.00. The van der Waals surface area contributed by atoms with Crippen LogP contribution < -0.4 is 10.9 Å². The van der Waals surface area contributed by atoms with Gasteiger partial charge in [0, 0.05) is 16.6 Å². The Kier molecular flexibility index (Phi) is 6.82. The van der Waals surface area contributed by atoms with Crippen molar-refractivity contribution >= 4 is 35.1 Å². The van der Waals surface area contributed by atoms with Crippen molar-refractivity contribution in [3.05, 3.63) is 76.1 Å². The SMILES string of the molecule is CSc1cccc(NC(=O)[C@@H](C)Sc2ccc(=O)n(-c3ccc(C)c(C)c3)n2)c1. The number of thioether (sulfide) groups is 2. The highest BCUT2D eigenvalue weighted by Gasteiger charge is 2.16. The fourth-order valence-electron chi connectivity index (χ4n) is 2.68. The van der Waals surface area contributed by atoms with Crippen LogP contribution in [0.2, 0.25) is 0 Å². The number of aryl methyl sites for hydroxylation is 2. The second-order valence-electron chi connectivity index (χ2n) is 6.67. The lowest BCUT2D eigenvalue weighted by Crippen LogP contribution is -2.24. The van der Waals surface area contributed by atoms with Crippen LogP contribution in [0.5, 0.6) is 0 Å². The van der Waals surface area contributed by atoms with E-state index >= 15 is 0 Å². The number of amides is 1. The van der Waals surface area contributed by atoms with Crippen LogP contribution in [0.3, 0.4) is 0 Å². The largest absolute Gasteiger partial charge is 0.325 e. The molecule has 1 amide bonds. The standard InChI is InChI=1S/C22H23N3O2S2/c1-14-8-9-18(12-15(14)2)25-21(26)11-10-20(24-25)29-16(3)22(27)23-17-6-5-7-19(13-17)28-4/h5-13,16H,1-4H3,(H,23,27)/t16-/m1/s1. The molecule has 1 N–H and O–H groups in total. The first-order valence-corrected chi connectivity index (χ1v) is 11.3. The molecule has 1 aromatic heterocycles. The summed E-state index contributed by atoms with van der Waals surface area (Å²) in [6.45, 7) is 5.85. The van der Waals surface area contributed by atoms with E-state index in [9.17, 15) is 9.59 Å². The normalized spacial score (nSPS) is 11.9. The summed E-state index contributed by atoms with van der Waals surface area (Å²) in [4.78, 5) is 26.0. The number of nitrogens with zero attached hydrogens (tertiary/aromatic N) is 2. The van der Waals surface area contributed by atoms with E-state index < -0.39 is 0 Å². The Morgan fingerprint density at radius 3 is 2.59 bits per heavy atom. The summed E-state index contributed by atoms with van der Waals surface area (Å²) in [6.07, 6.45) is 2.00. The Morgan fingerprint density at radius 2 is 1.86 bits per heavy atom. The molecule has 1 heterocycles. The van der Waals surface area contributed by atoms with Crippen molar-refractivity contribution in [1.29, 1.82) is 0 Å². The molecule has 0 saturated carbocycles. The van der Waals surface area contributed by atoms with E-state index in [1.165, 1.54) is 22.5 Å². The summed E-state index contributed by atoms with van der Waals surface area (Å²) in [5.41, 5.74) is 3.52. The highest BCUT2D eigenvalue weighted by atomic mass is 32.2. The number of carbonyl (C=O) groups excluding carboxylic acids is 1. The van der Waals surface area contributed by atoms with Crippen LogP contribution in [0.15, 0.2) is 69.3 Å². The van der Waals surface area contributed by atoms with Gasteiger partial charge in [-0.2, -0.15) is 9.78 Å². The first kappa shape index (κ1) is 21.2. The van der Waals surface area contributed by atoms with Crippen molar-refractivity contribution in [2.75, 3.05) is 11.6 Å². The molecule has 0 fully saturated rings. The van der Waals surface area contributed by atoms with E-state index in [1.807, 2.05) is 69.5 Å². The highest BCUT2D eigenvalue weighted by Crippen LogP contribution is 2.24. The van der Waals surface area contributed by atoms with E-state index in [1.54, 1.807) is 17.8 Å². The molecule has 3 rings (SSSR count). The van der Waals surface area contributed by atoms with Crippen LogP contribution in [0.1, 0.15) is 18.1 Å². The minimum absolute atomic E-state index is 0.112. The maximum absolute atomic E-state index is 12.6. The van der Waals surface area contributed by atoms with Crippen LogP contribution in [0.4, 0.5) is 5.69 Å². The lowest BCUT2D eigenvalue weighted by Gasteiger charge is -2.13. The molecular formula is C22H23N3O2S2. The molecule has 2 aromatic carbocycles. The summed E-state index contributed by atoms with van der Waals surface area (Å²) in [5, 5.41) is 7.64. The van der Waals surface area contributed by atoms with Gasteiger partial charge >= 0.3 is 0 Å². The Bertz CT molecular complexity index is 1100. The Labute approximate surface area is 178 Å². The molecule has 0 spiro atoms. The fraction of sp³-hybridized carbons (Fsp3) is 0.227. The third kappa shape index (κ3) is 5.31. The van der Waals surface area contributed by atoms with Crippen LogP contribution in [0.25, 0.3) is 5.69 Å². The summed E-state index contributed by atoms with van der Waals surface area (Å²) < 4.78 is 1.38. The second-order valence-corrected chi connectivity index (χ2v) is 8.91. The number of hydrogen-bond donors (Lipinski definition) is 1. The van der Waals surface area contributed by atoms with Gasteiger partial charge in [0.15, 0.2) is 0 Å². The van der Waals surface area contributed by atoms with E-state index in [0.29, 0.717) is 10.7 Å². The molecule has 7 heteroatoms. The molecule has 0 bridgehead atoms.